The van der Waals surface area contributed by atoms with Crippen molar-refractivity contribution in [3.8, 4) is 0 Å². The Hall–Kier alpha value is -4.24. The van der Waals surface area contributed by atoms with Gasteiger partial charge in [0.1, 0.15) is 0 Å². The lowest BCUT2D eigenvalue weighted by molar-refractivity contribution is 0.568. The summed E-state index contributed by atoms with van der Waals surface area (Å²) in [5, 5.41) is 0. The minimum Gasteiger partial charge on any atom is -0.311 e. The fourth-order valence-electron chi connectivity index (χ4n) is 9.24. The van der Waals surface area contributed by atoms with Crippen LogP contribution in [0.15, 0.2) is 84.9 Å². The van der Waals surface area contributed by atoms with E-state index < -0.39 is 0 Å². The molecule has 56 heavy (non-hydrogen) atoms. The molecule has 0 saturated carbocycles. The van der Waals surface area contributed by atoms with Gasteiger partial charge in [-0.2, -0.15) is 0 Å². The Morgan fingerprint density at radius 2 is 0.804 bits per heavy atom. The number of hydrogen-bond donors (Lipinski definition) is 0. The van der Waals surface area contributed by atoms with Crippen LogP contribution in [0.2, 0.25) is 0 Å². The summed E-state index contributed by atoms with van der Waals surface area (Å²) in [6, 6.07) is 34.6. The van der Waals surface area contributed by atoms with Gasteiger partial charge in [0.2, 0.25) is 0 Å². The van der Waals surface area contributed by atoms with E-state index >= 15 is 0 Å². The zero-order valence-electron chi connectivity index (χ0n) is 37.2. The molecule has 0 fully saturated rings. The predicted molar refractivity (Wildman–Crippen MR) is 246 cm³/mol. The molecular weight excluding hydrogens is 675 g/mol. The number of rotatable bonds is 2. The molecular formula is C53H65BN2. The zero-order valence-corrected chi connectivity index (χ0v) is 37.2. The van der Waals surface area contributed by atoms with Gasteiger partial charge < -0.3 is 9.80 Å². The average molecular weight is 741 g/mol. The molecule has 3 heteroatoms. The van der Waals surface area contributed by atoms with Crippen LogP contribution in [-0.4, -0.2) is 6.71 Å². The molecule has 2 aliphatic heterocycles. The third-order valence-electron chi connectivity index (χ3n) is 12.9. The minimum absolute atomic E-state index is 0.000510. The number of benzene rings is 5. The Balaban J connectivity index is 1.49. The van der Waals surface area contributed by atoms with E-state index in [-0.39, 0.29) is 33.8 Å². The Labute approximate surface area is 339 Å². The smallest absolute Gasteiger partial charge is 0.252 e. The van der Waals surface area contributed by atoms with Crippen molar-refractivity contribution in [1.82, 2.24) is 0 Å². The number of hydrogen-bond acceptors (Lipinski definition) is 2. The third-order valence-corrected chi connectivity index (χ3v) is 12.9. The molecule has 290 valence electrons. The van der Waals surface area contributed by atoms with E-state index in [2.05, 4.69) is 199 Å². The fraction of sp³-hybridized carbons (Fsp3) is 0.434. The van der Waals surface area contributed by atoms with Gasteiger partial charge in [-0.25, -0.2) is 0 Å². The van der Waals surface area contributed by atoms with Crippen molar-refractivity contribution >= 4 is 57.2 Å². The molecule has 0 saturated heterocycles. The molecule has 2 heterocycles. The standard InChI is InChI=1S/C53H65BN2/c1-49(2,3)35-22-23-42-47(32-35)56(41-30-38(52(10,11)12)27-39(31-41)53(13,14)15)45-21-17-20-44-48(45)54(42)43-24-33-18-16-19-34(33)25-46(43)55(44)40-28-36(50(4,5)6)26-37(29-40)51(7,8)9/h17,20-32H,16,18-19H2,1-15H3. The van der Waals surface area contributed by atoms with E-state index in [1.165, 1.54) is 95.9 Å². The number of anilines is 6. The Kier molecular flexibility index (Phi) is 8.71. The summed E-state index contributed by atoms with van der Waals surface area (Å²) >= 11 is 0. The van der Waals surface area contributed by atoms with Gasteiger partial charge in [0.15, 0.2) is 0 Å². The summed E-state index contributed by atoms with van der Waals surface area (Å²) in [7, 11) is 0. The zero-order chi connectivity index (χ0) is 40.5. The molecule has 0 amide bonds. The van der Waals surface area contributed by atoms with Crippen LogP contribution in [0.5, 0.6) is 0 Å². The van der Waals surface area contributed by atoms with E-state index in [4.69, 9.17) is 0 Å². The quantitative estimate of drug-likeness (QED) is 0.163. The summed E-state index contributed by atoms with van der Waals surface area (Å²) in [5.41, 5.74) is 21.9. The van der Waals surface area contributed by atoms with Crippen molar-refractivity contribution in [2.75, 3.05) is 9.80 Å². The lowest BCUT2D eigenvalue weighted by Crippen LogP contribution is -2.61. The molecule has 3 aliphatic rings. The van der Waals surface area contributed by atoms with E-state index in [0.29, 0.717) is 0 Å². The van der Waals surface area contributed by atoms with Crippen LogP contribution in [0.1, 0.15) is 149 Å². The first-order valence-electron chi connectivity index (χ1n) is 21.3. The minimum atomic E-state index is -0.000510. The summed E-state index contributed by atoms with van der Waals surface area (Å²) in [5.74, 6) is 0. The highest BCUT2D eigenvalue weighted by Gasteiger charge is 2.44. The van der Waals surface area contributed by atoms with Crippen LogP contribution >= 0.6 is 0 Å². The van der Waals surface area contributed by atoms with E-state index in [1.807, 2.05) is 0 Å². The van der Waals surface area contributed by atoms with Crippen LogP contribution in [0.3, 0.4) is 0 Å². The van der Waals surface area contributed by atoms with Gasteiger partial charge >= 0.3 is 0 Å². The first-order valence-corrected chi connectivity index (χ1v) is 21.3. The van der Waals surface area contributed by atoms with Crippen molar-refractivity contribution in [3.63, 3.8) is 0 Å². The highest BCUT2D eigenvalue weighted by Crippen LogP contribution is 2.48. The van der Waals surface area contributed by atoms with Gasteiger partial charge in [-0.15, -0.1) is 0 Å². The number of fused-ring (bicyclic) bond motifs is 5. The van der Waals surface area contributed by atoms with Crippen molar-refractivity contribution in [3.05, 3.63) is 124 Å². The van der Waals surface area contributed by atoms with Gasteiger partial charge in [-0.1, -0.05) is 140 Å². The normalized spacial score (nSPS) is 15.4. The third kappa shape index (κ3) is 6.52. The van der Waals surface area contributed by atoms with Gasteiger partial charge in [0.25, 0.3) is 6.71 Å². The molecule has 0 atom stereocenters. The maximum absolute atomic E-state index is 2.65. The van der Waals surface area contributed by atoms with Crippen molar-refractivity contribution < 1.29 is 0 Å². The molecule has 0 N–H and O–H groups in total. The van der Waals surface area contributed by atoms with E-state index in [9.17, 15) is 0 Å². The Morgan fingerprint density at radius 3 is 1.23 bits per heavy atom. The fourth-order valence-corrected chi connectivity index (χ4v) is 9.24. The highest BCUT2D eigenvalue weighted by molar-refractivity contribution is 7.00. The molecule has 0 spiro atoms. The monoisotopic (exact) mass is 741 g/mol. The maximum atomic E-state index is 2.65. The van der Waals surface area contributed by atoms with Crippen LogP contribution < -0.4 is 26.2 Å². The van der Waals surface area contributed by atoms with Gasteiger partial charge in [-0.05, 0) is 150 Å². The summed E-state index contributed by atoms with van der Waals surface area (Å²) in [6.07, 6.45) is 3.55. The molecule has 0 bridgehead atoms. The molecule has 5 aromatic carbocycles. The van der Waals surface area contributed by atoms with Gasteiger partial charge in [-0.3, -0.25) is 0 Å². The van der Waals surface area contributed by atoms with E-state index in [1.54, 1.807) is 0 Å². The van der Waals surface area contributed by atoms with Gasteiger partial charge in [0.05, 0.1) is 0 Å². The predicted octanol–water partition coefficient (Wildman–Crippen LogP) is 12.7. The average Bonchev–Trinajstić information content (AvgIpc) is 3.55. The van der Waals surface area contributed by atoms with Crippen LogP contribution in [0.25, 0.3) is 0 Å². The second-order valence-corrected chi connectivity index (χ2v) is 22.4. The van der Waals surface area contributed by atoms with Gasteiger partial charge in [0, 0.05) is 34.1 Å². The first-order chi connectivity index (χ1) is 25.9. The van der Waals surface area contributed by atoms with Crippen LogP contribution in [-0.2, 0) is 39.9 Å². The lowest BCUT2D eigenvalue weighted by Gasteiger charge is -2.45. The molecule has 2 nitrogen and oxygen atoms in total. The molecule has 0 radical (unpaired) electrons. The molecule has 8 rings (SSSR count). The second-order valence-electron chi connectivity index (χ2n) is 22.4. The van der Waals surface area contributed by atoms with Crippen LogP contribution in [0, 0.1) is 0 Å². The maximum Gasteiger partial charge on any atom is 0.252 e. The molecule has 1 aliphatic carbocycles. The van der Waals surface area contributed by atoms with Crippen molar-refractivity contribution in [2.24, 2.45) is 0 Å². The van der Waals surface area contributed by atoms with Crippen molar-refractivity contribution in [1.29, 1.82) is 0 Å². The second kappa shape index (κ2) is 12.6. The molecule has 0 aromatic heterocycles. The molecule has 5 aromatic rings. The largest absolute Gasteiger partial charge is 0.311 e. The highest BCUT2D eigenvalue weighted by atomic mass is 15.2. The topological polar surface area (TPSA) is 6.48 Å². The van der Waals surface area contributed by atoms with E-state index in [0.717, 1.165) is 12.8 Å². The number of nitrogens with zero attached hydrogens (tertiary/aromatic N) is 2. The number of aryl methyl sites for hydroxylation is 2. The SMILES string of the molecule is CC(C)(C)c1cc(N2c3cc(C(C)(C)C)ccc3B3c4cc5c(cc4N(c4cc(C(C)(C)C)cc(C(C)(C)C)c4)c4cccc2c43)CCC5)cc(C(C)(C)C)c1. The summed E-state index contributed by atoms with van der Waals surface area (Å²) < 4.78 is 0. The van der Waals surface area contributed by atoms with Crippen molar-refractivity contribution in [2.45, 2.75) is 150 Å². The Morgan fingerprint density at radius 1 is 0.393 bits per heavy atom. The summed E-state index contributed by atoms with van der Waals surface area (Å²) in [6.45, 7) is 35.4. The molecule has 0 unspecified atom stereocenters. The summed E-state index contributed by atoms with van der Waals surface area (Å²) in [4.78, 5) is 5.28. The Bertz CT molecular complexity index is 2310. The van der Waals surface area contributed by atoms with Crippen LogP contribution in [0.4, 0.5) is 34.1 Å². The lowest BCUT2D eigenvalue weighted by atomic mass is 9.33. The first kappa shape index (κ1) is 38.6.